The first-order valence-corrected chi connectivity index (χ1v) is 11.0. The highest BCUT2D eigenvalue weighted by atomic mass is 127. The summed E-state index contributed by atoms with van der Waals surface area (Å²) in [5.41, 5.74) is 1.72. The first kappa shape index (κ1) is 25.2. The predicted octanol–water partition coefficient (Wildman–Crippen LogP) is 4.10. The highest BCUT2D eigenvalue weighted by Crippen LogP contribution is 2.26. The highest BCUT2D eigenvalue weighted by molar-refractivity contribution is 14.0. The molecule has 0 atom stereocenters. The Morgan fingerprint density at radius 2 is 1.84 bits per heavy atom. The lowest BCUT2D eigenvalue weighted by molar-refractivity contribution is -0.122. The number of rotatable bonds is 9. The van der Waals surface area contributed by atoms with E-state index in [0.29, 0.717) is 43.8 Å². The van der Waals surface area contributed by atoms with Crippen LogP contribution in [0.5, 0.6) is 0 Å². The van der Waals surface area contributed by atoms with Gasteiger partial charge < -0.3 is 20.4 Å². The van der Waals surface area contributed by atoms with E-state index in [0.717, 1.165) is 17.8 Å². The normalized spacial score (nSPS) is 14.5. The Hall–Kier alpha value is -2.10. The molecule has 0 saturated heterocycles. The molecule has 31 heavy (non-hydrogen) atoms. The Labute approximate surface area is 201 Å². The number of nitrogens with zero attached hydrogens (tertiary/aromatic N) is 2. The van der Waals surface area contributed by atoms with Crippen LogP contribution in [0, 0.1) is 5.92 Å². The molecule has 1 heterocycles. The number of aromatic nitrogens is 1. The number of guanidine groups is 1. The molecule has 1 fully saturated rings. The van der Waals surface area contributed by atoms with Gasteiger partial charge in [0.1, 0.15) is 12.0 Å². The van der Waals surface area contributed by atoms with Gasteiger partial charge in [0.25, 0.3) is 0 Å². The standard InChI is InChI=1S/C23H33N5O2.HI/c1-2-24-23(26-14-13-25-21(29)15-18-9-5-3-6-10-18)27-16-20-17-30-22(28-20)19-11-7-4-8-12-19;/h4,7-8,11-12,17-18H,2-3,5-6,9-10,13-16H2,1H3,(H,25,29)(H2,24,26,27);1H. The largest absolute Gasteiger partial charge is 0.444 e. The summed E-state index contributed by atoms with van der Waals surface area (Å²) in [7, 11) is 0. The molecular weight excluding hydrogens is 505 g/mol. The van der Waals surface area contributed by atoms with Crippen molar-refractivity contribution in [2.75, 3.05) is 19.6 Å². The minimum absolute atomic E-state index is 0. The molecule has 3 rings (SSSR count). The second-order valence-electron chi connectivity index (χ2n) is 7.69. The maximum Gasteiger partial charge on any atom is 0.226 e. The summed E-state index contributed by atoms with van der Waals surface area (Å²) in [5.74, 6) is 2.01. The Bertz CT molecular complexity index is 803. The SMILES string of the molecule is CCNC(=NCc1coc(-c2ccccc2)n1)NCCNC(=O)CC1CCCCC1.I. The van der Waals surface area contributed by atoms with Crippen molar-refractivity contribution in [3.8, 4) is 11.5 Å². The third kappa shape index (κ3) is 8.88. The molecular formula is C23H34IN5O2. The molecule has 1 amide bonds. The van der Waals surface area contributed by atoms with Gasteiger partial charge in [0, 0.05) is 31.6 Å². The van der Waals surface area contributed by atoms with Crippen LogP contribution in [0.4, 0.5) is 0 Å². The molecule has 3 N–H and O–H groups in total. The van der Waals surface area contributed by atoms with E-state index >= 15 is 0 Å². The average molecular weight is 539 g/mol. The van der Waals surface area contributed by atoms with Crippen molar-refractivity contribution in [2.45, 2.75) is 52.0 Å². The van der Waals surface area contributed by atoms with Crippen LogP contribution in [0.3, 0.4) is 0 Å². The minimum Gasteiger partial charge on any atom is -0.444 e. The second-order valence-corrected chi connectivity index (χ2v) is 7.69. The maximum atomic E-state index is 12.1. The molecule has 8 heteroatoms. The lowest BCUT2D eigenvalue weighted by Gasteiger charge is -2.20. The number of nitrogens with one attached hydrogen (secondary N) is 3. The van der Waals surface area contributed by atoms with Gasteiger partial charge in [-0.1, -0.05) is 37.5 Å². The molecule has 1 aromatic heterocycles. The molecule has 0 aliphatic heterocycles. The number of amides is 1. The van der Waals surface area contributed by atoms with E-state index in [1.54, 1.807) is 6.26 Å². The predicted molar refractivity (Wildman–Crippen MR) is 134 cm³/mol. The van der Waals surface area contributed by atoms with Gasteiger partial charge in [0.15, 0.2) is 5.96 Å². The summed E-state index contributed by atoms with van der Waals surface area (Å²) >= 11 is 0. The maximum absolute atomic E-state index is 12.1. The van der Waals surface area contributed by atoms with E-state index < -0.39 is 0 Å². The molecule has 1 aromatic carbocycles. The van der Waals surface area contributed by atoms with Gasteiger partial charge in [-0.25, -0.2) is 9.98 Å². The Morgan fingerprint density at radius 3 is 2.58 bits per heavy atom. The molecule has 0 bridgehead atoms. The molecule has 1 saturated carbocycles. The van der Waals surface area contributed by atoms with Crippen LogP contribution in [-0.4, -0.2) is 36.5 Å². The Kier molecular flexibility index (Phi) is 11.4. The lowest BCUT2D eigenvalue weighted by atomic mass is 9.87. The summed E-state index contributed by atoms with van der Waals surface area (Å²) < 4.78 is 5.56. The first-order valence-electron chi connectivity index (χ1n) is 11.0. The van der Waals surface area contributed by atoms with Crippen molar-refractivity contribution in [3.05, 3.63) is 42.3 Å². The fourth-order valence-electron chi connectivity index (χ4n) is 3.70. The summed E-state index contributed by atoms with van der Waals surface area (Å²) in [6.07, 6.45) is 8.52. The molecule has 0 spiro atoms. The van der Waals surface area contributed by atoms with Gasteiger partial charge in [-0.05, 0) is 37.8 Å². The molecule has 170 valence electrons. The third-order valence-corrected chi connectivity index (χ3v) is 5.25. The van der Waals surface area contributed by atoms with Crippen molar-refractivity contribution in [1.82, 2.24) is 20.9 Å². The highest BCUT2D eigenvalue weighted by Gasteiger charge is 2.16. The number of hydrogen-bond acceptors (Lipinski definition) is 4. The van der Waals surface area contributed by atoms with E-state index in [1.807, 2.05) is 37.3 Å². The van der Waals surface area contributed by atoms with E-state index in [9.17, 15) is 4.79 Å². The van der Waals surface area contributed by atoms with Crippen molar-refractivity contribution in [1.29, 1.82) is 0 Å². The van der Waals surface area contributed by atoms with Gasteiger partial charge in [-0.2, -0.15) is 0 Å². The smallest absolute Gasteiger partial charge is 0.226 e. The van der Waals surface area contributed by atoms with Gasteiger partial charge in [0.2, 0.25) is 11.8 Å². The van der Waals surface area contributed by atoms with Gasteiger partial charge in [-0.3, -0.25) is 4.79 Å². The van der Waals surface area contributed by atoms with E-state index in [-0.39, 0.29) is 29.9 Å². The number of halogens is 1. The average Bonchev–Trinajstić information content (AvgIpc) is 3.25. The molecule has 7 nitrogen and oxygen atoms in total. The van der Waals surface area contributed by atoms with E-state index in [1.165, 1.54) is 32.1 Å². The lowest BCUT2D eigenvalue weighted by Crippen LogP contribution is -2.41. The molecule has 1 aliphatic carbocycles. The summed E-state index contributed by atoms with van der Waals surface area (Å²) in [6, 6.07) is 9.81. The number of oxazole rings is 1. The van der Waals surface area contributed by atoms with E-state index in [4.69, 9.17) is 4.42 Å². The van der Waals surface area contributed by atoms with Crippen LogP contribution in [0.2, 0.25) is 0 Å². The van der Waals surface area contributed by atoms with Crippen LogP contribution in [-0.2, 0) is 11.3 Å². The third-order valence-electron chi connectivity index (χ3n) is 5.25. The molecule has 0 radical (unpaired) electrons. The van der Waals surface area contributed by atoms with E-state index in [2.05, 4.69) is 25.9 Å². The number of aliphatic imine (C=N–C) groups is 1. The summed E-state index contributed by atoms with van der Waals surface area (Å²) in [6.45, 7) is 4.40. The van der Waals surface area contributed by atoms with Gasteiger partial charge >= 0.3 is 0 Å². The zero-order valence-electron chi connectivity index (χ0n) is 18.2. The number of benzene rings is 1. The van der Waals surface area contributed by atoms with Crippen LogP contribution in [0.1, 0.15) is 51.1 Å². The van der Waals surface area contributed by atoms with Crippen LogP contribution >= 0.6 is 24.0 Å². The Balaban J connectivity index is 0.00000341. The second kappa shape index (κ2) is 14.1. The van der Waals surface area contributed by atoms with Gasteiger partial charge in [0.05, 0.1) is 6.54 Å². The summed E-state index contributed by atoms with van der Waals surface area (Å²) in [4.78, 5) is 21.2. The van der Waals surface area contributed by atoms with Crippen LogP contribution in [0.25, 0.3) is 11.5 Å². The number of carbonyl (C=O) groups is 1. The Morgan fingerprint density at radius 1 is 1.10 bits per heavy atom. The zero-order chi connectivity index (χ0) is 21.0. The topological polar surface area (TPSA) is 91.6 Å². The number of carbonyl (C=O) groups excluding carboxylic acids is 1. The van der Waals surface area contributed by atoms with Crippen molar-refractivity contribution >= 4 is 35.8 Å². The van der Waals surface area contributed by atoms with Crippen molar-refractivity contribution in [2.24, 2.45) is 10.9 Å². The van der Waals surface area contributed by atoms with Crippen molar-refractivity contribution in [3.63, 3.8) is 0 Å². The monoisotopic (exact) mass is 539 g/mol. The fourth-order valence-corrected chi connectivity index (χ4v) is 3.70. The molecule has 0 unspecified atom stereocenters. The fraction of sp³-hybridized carbons (Fsp3) is 0.522. The van der Waals surface area contributed by atoms with Crippen LogP contribution in [0.15, 0.2) is 46.0 Å². The number of hydrogen-bond donors (Lipinski definition) is 3. The van der Waals surface area contributed by atoms with Crippen molar-refractivity contribution < 1.29 is 9.21 Å². The quantitative estimate of drug-likeness (QED) is 0.193. The summed E-state index contributed by atoms with van der Waals surface area (Å²) in [5, 5.41) is 9.48. The van der Waals surface area contributed by atoms with Gasteiger partial charge in [-0.15, -0.1) is 24.0 Å². The van der Waals surface area contributed by atoms with Crippen LogP contribution < -0.4 is 16.0 Å². The minimum atomic E-state index is 0. The zero-order valence-corrected chi connectivity index (χ0v) is 20.6. The molecule has 2 aromatic rings. The first-order chi connectivity index (χ1) is 14.7. The molecule has 1 aliphatic rings.